The van der Waals surface area contributed by atoms with Crippen molar-refractivity contribution in [3.05, 3.63) is 70.9 Å². The van der Waals surface area contributed by atoms with Crippen molar-refractivity contribution in [2.75, 3.05) is 20.2 Å². The fourth-order valence-electron chi connectivity index (χ4n) is 7.87. The van der Waals surface area contributed by atoms with Gasteiger partial charge in [-0.25, -0.2) is 14.8 Å². The number of likely N-dealkylation sites (tertiary alicyclic amines) is 1. The molecule has 11 nitrogen and oxygen atoms in total. The standard InChI is InChI=1S/C41H49N7O4/c1-25(2)26(3)39(49)47-22-8-12-34(47)37-42-24-33(44-37)29-18-15-27(16-19-29)14-17-28-20-21-31-36-30(28)10-6-5-7-11-32(45-41(51)52-4)40(50)48-23-9-13-35(48)38(43-31)46-36/h15-16,18-21,24-26,32,34-35H,5-13,22-23H2,1-4H3,(H,42,44)(H,43,46)(H,45,51)/t26-,32-,34-,35-/m0/s1. The molecule has 2 saturated heterocycles. The van der Waals surface area contributed by atoms with Crippen LogP contribution in [0.4, 0.5) is 4.79 Å². The topological polar surface area (TPSA) is 136 Å². The summed E-state index contributed by atoms with van der Waals surface area (Å²) in [6, 6.07) is 11.4. The number of alkyl carbamates (subject to hydrolysis) is 1. The SMILES string of the molecule is COC(=O)N[C@H]1CCCCCc2c(C#Cc3ccc(-c4c[nH]c([C@@H]5CCCN5C(=O)[C@@H](C)C(C)C)n4)cc3)ccc3nc([nH]c23)[C@@H]2CCCN2C1=O. The van der Waals surface area contributed by atoms with Crippen LogP contribution in [-0.2, 0) is 20.7 Å². The highest BCUT2D eigenvalue weighted by atomic mass is 16.5. The van der Waals surface area contributed by atoms with Gasteiger partial charge < -0.3 is 29.8 Å². The number of carbonyl (C=O) groups is 3. The van der Waals surface area contributed by atoms with Gasteiger partial charge in [-0.3, -0.25) is 9.59 Å². The Bertz CT molecular complexity index is 2000. The molecule has 3 aliphatic rings. The lowest BCUT2D eigenvalue weighted by Crippen LogP contribution is -2.48. The van der Waals surface area contributed by atoms with Crippen LogP contribution in [0.1, 0.15) is 113 Å². The van der Waals surface area contributed by atoms with E-state index in [9.17, 15) is 14.4 Å². The number of fused-ring (bicyclic) bond motifs is 3. The van der Waals surface area contributed by atoms with Crippen LogP contribution in [0, 0.1) is 23.7 Å². The third-order valence-corrected chi connectivity index (χ3v) is 11.2. The summed E-state index contributed by atoms with van der Waals surface area (Å²) in [6.07, 6.45) is 8.93. The van der Waals surface area contributed by atoms with Crippen LogP contribution in [0.3, 0.4) is 0 Å². The summed E-state index contributed by atoms with van der Waals surface area (Å²) in [4.78, 5) is 59.7. The molecule has 0 aliphatic carbocycles. The summed E-state index contributed by atoms with van der Waals surface area (Å²) in [5.74, 6) is 8.87. The number of imidazole rings is 2. The van der Waals surface area contributed by atoms with Gasteiger partial charge >= 0.3 is 6.09 Å². The van der Waals surface area contributed by atoms with Crippen molar-refractivity contribution >= 4 is 28.9 Å². The first-order valence-corrected chi connectivity index (χ1v) is 18.9. The van der Waals surface area contributed by atoms with E-state index in [0.717, 1.165) is 109 Å². The monoisotopic (exact) mass is 703 g/mol. The molecule has 52 heavy (non-hydrogen) atoms. The number of nitrogens with zero attached hydrogens (tertiary/aromatic N) is 4. The molecule has 5 heterocycles. The van der Waals surface area contributed by atoms with Crippen LogP contribution in [0.2, 0.25) is 0 Å². The first kappa shape index (κ1) is 35.3. The first-order valence-electron chi connectivity index (χ1n) is 18.9. The third kappa shape index (κ3) is 7.16. The van der Waals surface area contributed by atoms with Crippen molar-refractivity contribution in [2.45, 2.75) is 96.7 Å². The fraction of sp³-hybridized carbons (Fsp3) is 0.488. The van der Waals surface area contributed by atoms with Crippen molar-refractivity contribution in [1.82, 2.24) is 35.1 Å². The number of amides is 3. The molecule has 0 saturated carbocycles. The molecule has 4 atom stereocenters. The second-order valence-corrected chi connectivity index (χ2v) is 14.8. The number of aromatic nitrogens is 4. The van der Waals surface area contributed by atoms with Crippen LogP contribution in [0.15, 0.2) is 42.6 Å². The first-order chi connectivity index (χ1) is 25.2. The van der Waals surface area contributed by atoms with Gasteiger partial charge in [0.15, 0.2) is 0 Å². The predicted molar refractivity (Wildman–Crippen MR) is 199 cm³/mol. The number of ether oxygens (including phenoxy) is 1. The molecule has 3 N–H and O–H groups in total. The number of H-pyrrole nitrogens is 2. The Hall–Kier alpha value is -5.11. The lowest BCUT2D eigenvalue weighted by atomic mass is 9.96. The van der Waals surface area contributed by atoms with E-state index in [1.807, 2.05) is 53.3 Å². The van der Waals surface area contributed by atoms with Gasteiger partial charge in [-0.15, -0.1) is 0 Å². The van der Waals surface area contributed by atoms with E-state index in [1.165, 1.54) is 7.11 Å². The molecule has 3 amide bonds. The fourth-order valence-corrected chi connectivity index (χ4v) is 7.87. The van der Waals surface area contributed by atoms with Gasteiger partial charge in [0.05, 0.1) is 35.9 Å². The number of benzene rings is 2. The average Bonchev–Trinajstić information content (AvgIpc) is 3.98. The molecule has 0 spiro atoms. The molecular weight excluding hydrogens is 654 g/mol. The number of aromatic amines is 2. The zero-order valence-electron chi connectivity index (χ0n) is 30.6. The molecule has 2 bridgehead atoms. The van der Waals surface area contributed by atoms with Gasteiger partial charge in [-0.05, 0) is 80.7 Å². The molecule has 0 radical (unpaired) electrons. The van der Waals surface area contributed by atoms with Crippen molar-refractivity contribution in [3.8, 4) is 23.1 Å². The van der Waals surface area contributed by atoms with E-state index in [4.69, 9.17) is 14.7 Å². The van der Waals surface area contributed by atoms with Crippen LogP contribution in [0.25, 0.3) is 22.3 Å². The number of nitrogens with one attached hydrogen (secondary N) is 3. The lowest BCUT2D eigenvalue weighted by Gasteiger charge is -2.28. The van der Waals surface area contributed by atoms with E-state index in [-0.39, 0.29) is 29.8 Å². The van der Waals surface area contributed by atoms with E-state index in [2.05, 4.69) is 47.0 Å². The van der Waals surface area contributed by atoms with Gasteiger partial charge in [0.25, 0.3) is 0 Å². The molecule has 11 heteroatoms. The Morgan fingerprint density at radius 1 is 0.904 bits per heavy atom. The maximum Gasteiger partial charge on any atom is 0.407 e. The minimum atomic E-state index is -0.625. The van der Waals surface area contributed by atoms with Crippen molar-refractivity contribution < 1.29 is 19.1 Å². The molecule has 2 aromatic carbocycles. The summed E-state index contributed by atoms with van der Waals surface area (Å²) in [7, 11) is 1.32. The summed E-state index contributed by atoms with van der Waals surface area (Å²) in [6.45, 7) is 7.62. The van der Waals surface area contributed by atoms with Gasteiger partial charge in [0, 0.05) is 41.9 Å². The summed E-state index contributed by atoms with van der Waals surface area (Å²) in [5, 5.41) is 2.78. The van der Waals surface area contributed by atoms with E-state index in [0.29, 0.717) is 18.9 Å². The number of methoxy groups -OCH3 is 1. The van der Waals surface area contributed by atoms with Crippen LogP contribution in [0.5, 0.6) is 0 Å². The normalized spacial score (nSPS) is 21.2. The molecule has 7 rings (SSSR count). The van der Waals surface area contributed by atoms with E-state index in [1.54, 1.807) is 0 Å². The summed E-state index contributed by atoms with van der Waals surface area (Å²) in [5.41, 5.74) is 6.71. The molecule has 0 unspecified atom stereocenters. The van der Waals surface area contributed by atoms with Crippen LogP contribution < -0.4 is 5.32 Å². The Kier molecular flexibility index (Phi) is 10.3. The van der Waals surface area contributed by atoms with Gasteiger partial charge in [-0.2, -0.15) is 0 Å². The zero-order chi connectivity index (χ0) is 36.4. The molecule has 2 fully saturated rings. The highest BCUT2D eigenvalue weighted by Gasteiger charge is 2.37. The van der Waals surface area contributed by atoms with Gasteiger partial charge in [0.2, 0.25) is 11.8 Å². The van der Waals surface area contributed by atoms with Crippen molar-refractivity contribution in [3.63, 3.8) is 0 Å². The summed E-state index contributed by atoms with van der Waals surface area (Å²) < 4.78 is 4.83. The highest BCUT2D eigenvalue weighted by molar-refractivity contribution is 5.87. The molecular formula is C41H49N7O4. The minimum absolute atomic E-state index is 0.0145. The van der Waals surface area contributed by atoms with E-state index >= 15 is 0 Å². The maximum absolute atomic E-state index is 13.7. The Morgan fingerprint density at radius 3 is 2.48 bits per heavy atom. The smallest absolute Gasteiger partial charge is 0.407 e. The average molecular weight is 704 g/mol. The largest absolute Gasteiger partial charge is 0.453 e. The molecule has 4 aromatic rings. The number of hydrogen-bond donors (Lipinski definition) is 3. The molecule has 2 aromatic heterocycles. The minimum Gasteiger partial charge on any atom is -0.453 e. The Labute approximate surface area is 305 Å². The highest BCUT2D eigenvalue weighted by Crippen LogP contribution is 2.35. The maximum atomic E-state index is 13.7. The molecule has 272 valence electrons. The number of aryl methyl sites for hydroxylation is 1. The van der Waals surface area contributed by atoms with Crippen LogP contribution in [-0.4, -0.2) is 73.9 Å². The van der Waals surface area contributed by atoms with Crippen molar-refractivity contribution in [1.29, 1.82) is 0 Å². The third-order valence-electron chi connectivity index (χ3n) is 11.2. The van der Waals surface area contributed by atoms with Gasteiger partial charge in [0.1, 0.15) is 17.7 Å². The zero-order valence-corrected chi connectivity index (χ0v) is 30.6. The van der Waals surface area contributed by atoms with Crippen molar-refractivity contribution in [2.24, 2.45) is 11.8 Å². The number of carbonyl (C=O) groups excluding carboxylic acids is 3. The van der Waals surface area contributed by atoms with Crippen LogP contribution >= 0.6 is 0 Å². The Morgan fingerprint density at radius 2 is 1.69 bits per heavy atom. The quantitative estimate of drug-likeness (QED) is 0.196. The predicted octanol–water partition coefficient (Wildman–Crippen LogP) is 6.81. The second-order valence-electron chi connectivity index (χ2n) is 14.8. The van der Waals surface area contributed by atoms with E-state index < -0.39 is 12.1 Å². The lowest BCUT2D eigenvalue weighted by molar-refractivity contribution is -0.137. The number of hydrogen-bond acceptors (Lipinski definition) is 6. The Balaban J connectivity index is 1.10. The second kappa shape index (κ2) is 15.2. The molecule has 3 aliphatic heterocycles. The van der Waals surface area contributed by atoms with Gasteiger partial charge in [-0.1, -0.05) is 57.6 Å². The summed E-state index contributed by atoms with van der Waals surface area (Å²) >= 11 is 0. The number of rotatable bonds is 5.